The van der Waals surface area contributed by atoms with Gasteiger partial charge >= 0.3 is 5.97 Å². The van der Waals surface area contributed by atoms with Gasteiger partial charge in [-0.1, -0.05) is 0 Å². The third-order valence-corrected chi connectivity index (χ3v) is 3.11. The van der Waals surface area contributed by atoms with Crippen molar-refractivity contribution < 1.29 is 9.90 Å². The number of carboxylic acids is 1. The fraction of sp³-hybridized carbons (Fsp3) is 0.333. The topological polar surface area (TPSA) is 79.2 Å². The van der Waals surface area contributed by atoms with E-state index in [0.717, 1.165) is 25.9 Å². The molecule has 0 radical (unpaired) electrons. The lowest BCUT2D eigenvalue weighted by Crippen LogP contribution is -2.22. The van der Waals surface area contributed by atoms with E-state index in [4.69, 9.17) is 0 Å². The normalized spacial score (nSPS) is 15.2. The zero-order chi connectivity index (χ0) is 12.5. The van der Waals surface area contributed by atoms with Crippen LogP contribution < -0.4 is 4.90 Å². The van der Waals surface area contributed by atoms with Gasteiger partial charge in [-0.3, -0.25) is 0 Å². The molecule has 1 aliphatic rings. The van der Waals surface area contributed by atoms with E-state index < -0.39 is 5.97 Å². The number of aromatic carboxylic acids is 1. The number of carboxylic acid groups (broad SMARTS) is 1. The highest BCUT2D eigenvalue weighted by Gasteiger charge is 2.21. The van der Waals surface area contributed by atoms with Gasteiger partial charge in [-0.15, -0.1) is 0 Å². The van der Waals surface area contributed by atoms with Crippen molar-refractivity contribution in [3.63, 3.8) is 0 Å². The van der Waals surface area contributed by atoms with Gasteiger partial charge in [-0.05, 0) is 18.9 Å². The first-order chi connectivity index (χ1) is 8.75. The predicted molar refractivity (Wildman–Crippen MR) is 65.7 cm³/mol. The van der Waals surface area contributed by atoms with Crippen LogP contribution in [0.3, 0.4) is 0 Å². The van der Waals surface area contributed by atoms with Gasteiger partial charge in [0, 0.05) is 24.7 Å². The second-order valence-corrected chi connectivity index (χ2v) is 4.29. The molecule has 18 heavy (non-hydrogen) atoms. The number of nitrogens with zero attached hydrogens (tertiary/aromatic N) is 4. The first-order valence-electron chi connectivity index (χ1n) is 5.85. The maximum absolute atomic E-state index is 11.3. The monoisotopic (exact) mass is 244 g/mol. The standard InChI is InChI=1S/C12H12N4O2/c17-12(18)9-5-8-6-13-7-14-10(8)15-11(9)16-3-1-2-4-16/h5-7H,1-4H2,(H,17,18). The Bertz CT molecular complexity index is 608. The van der Waals surface area contributed by atoms with Crippen LogP contribution in [0.4, 0.5) is 5.82 Å². The largest absolute Gasteiger partial charge is 0.478 e. The van der Waals surface area contributed by atoms with Crippen LogP contribution >= 0.6 is 0 Å². The molecule has 2 aromatic rings. The molecule has 2 aromatic heterocycles. The number of pyridine rings is 1. The fourth-order valence-corrected chi connectivity index (χ4v) is 2.24. The third-order valence-electron chi connectivity index (χ3n) is 3.11. The lowest BCUT2D eigenvalue weighted by Gasteiger charge is -2.18. The summed E-state index contributed by atoms with van der Waals surface area (Å²) in [4.78, 5) is 25.6. The van der Waals surface area contributed by atoms with Crippen LogP contribution in [0.25, 0.3) is 11.0 Å². The highest BCUT2D eigenvalue weighted by Crippen LogP contribution is 2.25. The van der Waals surface area contributed by atoms with E-state index in [1.54, 1.807) is 12.3 Å². The number of anilines is 1. The molecule has 0 spiro atoms. The van der Waals surface area contributed by atoms with Crippen LogP contribution in [0.15, 0.2) is 18.6 Å². The summed E-state index contributed by atoms with van der Waals surface area (Å²) in [7, 11) is 0. The molecule has 1 saturated heterocycles. The van der Waals surface area contributed by atoms with Gasteiger partial charge < -0.3 is 10.0 Å². The Labute approximate surface area is 103 Å². The molecule has 1 N–H and O–H groups in total. The van der Waals surface area contributed by atoms with Crippen molar-refractivity contribution in [3.8, 4) is 0 Å². The second kappa shape index (κ2) is 4.21. The van der Waals surface area contributed by atoms with E-state index in [-0.39, 0.29) is 5.56 Å². The second-order valence-electron chi connectivity index (χ2n) is 4.29. The van der Waals surface area contributed by atoms with Gasteiger partial charge in [0.15, 0.2) is 5.65 Å². The summed E-state index contributed by atoms with van der Waals surface area (Å²) >= 11 is 0. The molecule has 0 bridgehead atoms. The first kappa shape index (κ1) is 10.9. The molecule has 0 atom stereocenters. The van der Waals surface area contributed by atoms with Crippen LogP contribution in [-0.2, 0) is 0 Å². The fourth-order valence-electron chi connectivity index (χ4n) is 2.24. The predicted octanol–water partition coefficient (Wildman–Crippen LogP) is 1.32. The minimum absolute atomic E-state index is 0.221. The van der Waals surface area contributed by atoms with Crippen molar-refractivity contribution in [3.05, 3.63) is 24.2 Å². The Morgan fingerprint density at radius 3 is 2.83 bits per heavy atom. The van der Waals surface area contributed by atoms with Crippen molar-refractivity contribution in [2.75, 3.05) is 18.0 Å². The maximum atomic E-state index is 11.3. The van der Waals surface area contributed by atoms with Crippen LogP contribution in [0.2, 0.25) is 0 Å². The van der Waals surface area contributed by atoms with Crippen LogP contribution in [0.1, 0.15) is 23.2 Å². The molecule has 92 valence electrons. The van der Waals surface area contributed by atoms with Gasteiger partial charge in [0.25, 0.3) is 0 Å². The molecule has 0 aromatic carbocycles. The smallest absolute Gasteiger partial charge is 0.339 e. The SMILES string of the molecule is O=C(O)c1cc2cncnc2nc1N1CCCC1. The summed E-state index contributed by atoms with van der Waals surface area (Å²) in [6.07, 6.45) is 5.14. The zero-order valence-electron chi connectivity index (χ0n) is 9.70. The van der Waals surface area contributed by atoms with Crippen LogP contribution in [0, 0.1) is 0 Å². The minimum Gasteiger partial charge on any atom is -0.478 e. The van der Waals surface area contributed by atoms with E-state index in [0.29, 0.717) is 16.9 Å². The molecule has 3 heterocycles. The summed E-state index contributed by atoms with van der Waals surface area (Å²) in [5.74, 6) is -0.443. The van der Waals surface area contributed by atoms with Crippen molar-refractivity contribution in [1.82, 2.24) is 15.0 Å². The average molecular weight is 244 g/mol. The summed E-state index contributed by atoms with van der Waals surface area (Å²) in [5, 5.41) is 9.93. The van der Waals surface area contributed by atoms with E-state index in [2.05, 4.69) is 15.0 Å². The first-order valence-corrected chi connectivity index (χ1v) is 5.85. The molecule has 0 unspecified atom stereocenters. The van der Waals surface area contributed by atoms with E-state index in [9.17, 15) is 9.90 Å². The van der Waals surface area contributed by atoms with Gasteiger partial charge in [0.05, 0.1) is 0 Å². The number of carbonyl (C=O) groups is 1. The highest BCUT2D eigenvalue weighted by atomic mass is 16.4. The van der Waals surface area contributed by atoms with Gasteiger partial charge in [-0.2, -0.15) is 0 Å². The molecule has 3 rings (SSSR count). The Morgan fingerprint density at radius 2 is 2.11 bits per heavy atom. The van der Waals surface area contributed by atoms with Crippen molar-refractivity contribution in [2.24, 2.45) is 0 Å². The lowest BCUT2D eigenvalue weighted by molar-refractivity contribution is 0.0697. The van der Waals surface area contributed by atoms with Crippen LogP contribution in [0.5, 0.6) is 0 Å². The average Bonchev–Trinajstić information content (AvgIpc) is 2.91. The summed E-state index contributed by atoms with van der Waals surface area (Å²) in [6, 6.07) is 1.60. The van der Waals surface area contributed by atoms with Crippen molar-refractivity contribution in [1.29, 1.82) is 0 Å². The summed E-state index contributed by atoms with van der Waals surface area (Å²) in [5.41, 5.74) is 0.760. The molecular formula is C12H12N4O2. The highest BCUT2D eigenvalue weighted by molar-refractivity contribution is 5.97. The van der Waals surface area contributed by atoms with Gasteiger partial charge in [-0.25, -0.2) is 19.7 Å². The molecule has 6 nitrogen and oxygen atoms in total. The molecule has 0 saturated carbocycles. The summed E-state index contributed by atoms with van der Waals surface area (Å²) < 4.78 is 0. The number of fused-ring (bicyclic) bond motifs is 1. The molecule has 6 heteroatoms. The Morgan fingerprint density at radius 1 is 1.33 bits per heavy atom. The number of rotatable bonds is 2. The third kappa shape index (κ3) is 1.75. The molecule has 0 amide bonds. The Kier molecular flexibility index (Phi) is 2.55. The number of aromatic nitrogens is 3. The lowest BCUT2D eigenvalue weighted by atomic mass is 10.2. The quantitative estimate of drug-likeness (QED) is 0.858. The number of hydrogen-bond acceptors (Lipinski definition) is 5. The van der Waals surface area contributed by atoms with E-state index in [1.807, 2.05) is 4.90 Å². The van der Waals surface area contributed by atoms with Crippen molar-refractivity contribution in [2.45, 2.75) is 12.8 Å². The molecule has 1 fully saturated rings. The van der Waals surface area contributed by atoms with Gasteiger partial charge in [0.2, 0.25) is 0 Å². The zero-order valence-corrected chi connectivity index (χ0v) is 9.70. The van der Waals surface area contributed by atoms with E-state index >= 15 is 0 Å². The molecule has 0 aliphatic carbocycles. The molecular weight excluding hydrogens is 232 g/mol. The van der Waals surface area contributed by atoms with Crippen LogP contribution in [-0.4, -0.2) is 39.1 Å². The van der Waals surface area contributed by atoms with Crippen molar-refractivity contribution >= 4 is 22.8 Å². The number of hydrogen-bond donors (Lipinski definition) is 1. The Balaban J connectivity index is 2.20. The Hall–Kier alpha value is -2.24. The summed E-state index contributed by atoms with van der Waals surface area (Å²) in [6.45, 7) is 1.70. The maximum Gasteiger partial charge on any atom is 0.339 e. The van der Waals surface area contributed by atoms with E-state index in [1.165, 1.54) is 6.33 Å². The minimum atomic E-state index is -0.963. The molecule has 1 aliphatic heterocycles. The van der Waals surface area contributed by atoms with Gasteiger partial charge in [0.1, 0.15) is 17.7 Å².